The minimum atomic E-state index is -0.233. The number of ether oxygens (including phenoxy) is 2. The average Bonchev–Trinajstić information content (AvgIpc) is 3.51. The number of hydrogen-bond donors (Lipinski definition) is 2. The van der Waals surface area contributed by atoms with E-state index in [0.717, 1.165) is 33.4 Å². The molecule has 2 N–H and O–H groups in total. The predicted octanol–water partition coefficient (Wildman–Crippen LogP) is 5.76. The van der Waals surface area contributed by atoms with Gasteiger partial charge in [-0.1, -0.05) is 59.7 Å². The zero-order valence-corrected chi connectivity index (χ0v) is 19.2. The predicted molar refractivity (Wildman–Crippen MR) is 132 cm³/mol. The Bertz CT molecular complexity index is 1510. The molecule has 5 rings (SSSR count). The Kier molecular flexibility index (Phi) is 5.27. The molecule has 36 heavy (non-hydrogen) atoms. The molecular formula is C28H16N6O2. The van der Waals surface area contributed by atoms with Crippen LogP contribution >= 0.6 is 0 Å². The van der Waals surface area contributed by atoms with Crippen molar-refractivity contribution in [1.29, 1.82) is 21.0 Å². The standard InChI is InChI=1S/C28H16N6O2/c1-15-3-7-17(8-4-15)21-22(18-9-5-16(2)6-10-18)24-26(36-28(34-24)20(13-31)14-32)25-23(21)33-27(35-25)19(11-29)12-30/h3-10,33-34H,1-2H3. The van der Waals surface area contributed by atoms with Gasteiger partial charge in [0.2, 0.25) is 11.8 Å². The molecule has 0 bridgehead atoms. The number of aryl methyl sites for hydroxylation is 2. The maximum Gasteiger partial charge on any atom is 0.227 e. The van der Waals surface area contributed by atoms with Crippen LogP contribution in [0.4, 0.5) is 11.4 Å². The number of allylic oxidation sites excluding steroid dienone is 2. The molecule has 0 atom stereocenters. The Hall–Kier alpha value is -5.70. The Balaban J connectivity index is 1.90. The first kappa shape index (κ1) is 22.1. The van der Waals surface area contributed by atoms with E-state index in [9.17, 15) is 21.0 Å². The molecule has 2 aliphatic heterocycles. The lowest BCUT2D eigenvalue weighted by Gasteiger charge is -2.18. The normalized spacial score (nSPS) is 12.3. The number of hydrogen-bond acceptors (Lipinski definition) is 8. The fraction of sp³-hybridized carbons (Fsp3) is 0.0714. The van der Waals surface area contributed by atoms with Crippen LogP contribution in [0.2, 0.25) is 0 Å². The van der Waals surface area contributed by atoms with E-state index >= 15 is 0 Å². The SMILES string of the molecule is Cc1ccc(-c2c3c(c4c(c2-c2ccc(C)cc2)NC(=C(C#N)C#N)O4)OC(=C(C#N)C#N)N3)cc1. The second kappa shape index (κ2) is 8.58. The fourth-order valence-electron chi connectivity index (χ4n) is 4.12. The quantitative estimate of drug-likeness (QED) is 0.453. The van der Waals surface area contributed by atoms with Crippen LogP contribution in [0.1, 0.15) is 11.1 Å². The monoisotopic (exact) mass is 468 g/mol. The topological polar surface area (TPSA) is 138 Å². The molecule has 0 saturated heterocycles. The number of benzene rings is 3. The summed E-state index contributed by atoms with van der Waals surface area (Å²) in [5.41, 5.74) is 5.88. The van der Waals surface area contributed by atoms with Crippen molar-refractivity contribution in [3.63, 3.8) is 0 Å². The Morgan fingerprint density at radius 3 is 1.22 bits per heavy atom. The summed E-state index contributed by atoms with van der Waals surface area (Å²) in [6, 6.07) is 23.2. The van der Waals surface area contributed by atoms with Gasteiger partial charge >= 0.3 is 0 Å². The largest absolute Gasteiger partial charge is 0.433 e. The maximum atomic E-state index is 9.44. The Labute approximate surface area is 207 Å². The summed E-state index contributed by atoms with van der Waals surface area (Å²) in [5.74, 6) is 0.446. The summed E-state index contributed by atoms with van der Waals surface area (Å²) in [6.07, 6.45) is 0. The minimum absolute atomic E-state index is 0.0200. The number of nitrogens with one attached hydrogen (secondary N) is 2. The number of rotatable bonds is 2. The summed E-state index contributed by atoms with van der Waals surface area (Å²) in [7, 11) is 0. The van der Waals surface area contributed by atoms with Crippen LogP contribution in [-0.2, 0) is 0 Å². The number of anilines is 2. The second-order valence-corrected chi connectivity index (χ2v) is 8.20. The molecule has 0 unspecified atom stereocenters. The van der Waals surface area contributed by atoms with Crippen molar-refractivity contribution in [2.24, 2.45) is 0 Å². The first-order valence-electron chi connectivity index (χ1n) is 10.9. The summed E-state index contributed by atoms with van der Waals surface area (Å²) in [5, 5.41) is 44.0. The molecule has 0 amide bonds. The van der Waals surface area contributed by atoms with Crippen LogP contribution in [0.3, 0.4) is 0 Å². The van der Waals surface area contributed by atoms with Crippen molar-refractivity contribution < 1.29 is 9.47 Å². The first-order valence-corrected chi connectivity index (χ1v) is 10.9. The van der Waals surface area contributed by atoms with Crippen molar-refractivity contribution in [1.82, 2.24) is 0 Å². The van der Waals surface area contributed by atoms with E-state index in [1.807, 2.05) is 86.7 Å². The highest BCUT2D eigenvalue weighted by Gasteiger charge is 2.38. The van der Waals surface area contributed by atoms with Gasteiger partial charge < -0.3 is 20.1 Å². The van der Waals surface area contributed by atoms with Crippen LogP contribution < -0.4 is 20.1 Å². The zero-order chi connectivity index (χ0) is 25.4. The van der Waals surface area contributed by atoms with Crippen molar-refractivity contribution in [2.45, 2.75) is 13.8 Å². The van der Waals surface area contributed by atoms with Crippen LogP contribution in [0, 0.1) is 59.2 Å². The molecular weight excluding hydrogens is 452 g/mol. The van der Waals surface area contributed by atoms with Gasteiger partial charge in [-0.3, -0.25) is 0 Å². The van der Waals surface area contributed by atoms with Crippen LogP contribution in [0.25, 0.3) is 22.3 Å². The molecule has 3 aromatic rings. The highest BCUT2D eigenvalue weighted by Crippen LogP contribution is 2.60. The molecule has 0 fully saturated rings. The average molecular weight is 468 g/mol. The van der Waals surface area contributed by atoms with E-state index in [1.165, 1.54) is 0 Å². The molecule has 2 aliphatic rings. The van der Waals surface area contributed by atoms with Crippen LogP contribution in [0.5, 0.6) is 11.5 Å². The van der Waals surface area contributed by atoms with Gasteiger partial charge in [0, 0.05) is 11.1 Å². The van der Waals surface area contributed by atoms with Gasteiger partial charge in [0.25, 0.3) is 0 Å². The van der Waals surface area contributed by atoms with Crippen molar-refractivity contribution in [3.8, 4) is 58.0 Å². The molecule has 0 aromatic heterocycles. The molecule has 2 heterocycles. The number of fused-ring (bicyclic) bond motifs is 3. The molecule has 8 heteroatoms. The minimum Gasteiger partial charge on any atom is -0.433 e. The van der Waals surface area contributed by atoms with Gasteiger partial charge in [-0.2, -0.15) is 21.0 Å². The van der Waals surface area contributed by atoms with Gasteiger partial charge in [-0.15, -0.1) is 0 Å². The van der Waals surface area contributed by atoms with Gasteiger partial charge in [-0.05, 0) is 25.0 Å². The van der Waals surface area contributed by atoms with E-state index in [0.29, 0.717) is 11.4 Å². The molecule has 0 radical (unpaired) electrons. The van der Waals surface area contributed by atoms with Crippen LogP contribution in [-0.4, -0.2) is 0 Å². The molecule has 0 aliphatic carbocycles. The van der Waals surface area contributed by atoms with E-state index < -0.39 is 0 Å². The molecule has 8 nitrogen and oxygen atoms in total. The van der Waals surface area contributed by atoms with Gasteiger partial charge in [-0.25, -0.2) is 0 Å². The third kappa shape index (κ3) is 3.44. The lowest BCUT2D eigenvalue weighted by atomic mass is 9.90. The first-order chi connectivity index (χ1) is 17.5. The van der Waals surface area contributed by atoms with E-state index in [-0.39, 0.29) is 34.4 Å². The fourth-order valence-corrected chi connectivity index (χ4v) is 4.12. The Morgan fingerprint density at radius 1 is 0.583 bits per heavy atom. The molecule has 3 aromatic carbocycles. The smallest absolute Gasteiger partial charge is 0.227 e. The number of nitrogens with zero attached hydrogens (tertiary/aromatic N) is 4. The summed E-state index contributed by atoms with van der Waals surface area (Å²) < 4.78 is 11.9. The molecule has 0 spiro atoms. The Morgan fingerprint density at radius 2 is 0.917 bits per heavy atom. The number of nitriles is 4. The lowest BCUT2D eigenvalue weighted by Crippen LogP contribution is -2.03. The van der Waals surface area contributed by atoms with E-state index in [2.05, 4.69) is 10.6 Å². The third-order valence-electron chi connectivity index (χ3n) is 5.88. The van der Waals surface area contributed by atoms with Gasteiger partial charge in [0.15, 0.2) is 22.6 Å². The summed E-state index contributed by atoms with van der Waals surface area (Å²) in [6.45, 7) is 3.98. The van der Waals surface area contributed by atoms with E-state index in [1.54, 1.807) is 0 Å². The van der Waals surface area contributed by atoms with Crippen LogP contribution in [0.15, 0.2) is 71.4 Å². The molecule has 0 saturated carbocycles. The maximum absolute atomic E-state index is 9.44. The van der Waals surface area contributed by atoms with Gasteiger partial charge in [0.05, 0.1) is 11.4 Å². The van der Waals surface area contributed by atoms with E-state index in [4.69, 9.17) is 9.47 Å². The zero-order valence-electron chi connectivity index (χ0n) is 19.2. The highest BCUT2D eigenvalue weighted by molar-refractivity contribution is 6.06. The lowest BCUT2D eigenvalue weighted by molar-refractivity contribution is 0.399. The van der Waals surface area contributed by atoms with Crippen molar-refractivity contribution in [2.75, 3.05) is 10.6 Å². The summed E-state index contributed by atoms with van der Waals surface area (Å²) in [4.78, 5) is 0. The van der Waals surface area contributed by atoms with Crippen molar-refractivity contribution in [3.05, 3.63) is 82.6 Å². The second-order valence-electron chi connectivity index (χ2n) is 8.20. The van der Waals surface area contributed by atoms with Crippen molar-refractivity contribution >= 4 is 11.4 Å². The van der Waals surface area contributed by atoms with Gasteiger partial charge in [0.1, 0.15) is 24.3 Å². The summed E-state index contributed by atoms with van der Waals surface area (Å²) >= 11 is 0. The third-order valence-corrected chi connectivity index (χ3v) is 5.88. The highest BCUT2D eigenvalue weighted by atomic mass is 16.5. The molecule has 170 valence electrons.